The second-order valence-corrected chi connectivity index (χ2v) is 6.99. The zero-order valence-corrected chi connectivity index (χ0v) is 13.8. The third kappa shape index (κ3) is 3.33. The van der Waals surface area contributed by atoms with Gasteiger partial charge in [-0.2, -0.15) is 0 Å². The maximum atomic E-state index is 12.4. The number of carbonyl (C=O) groups excluding carboxylic acids is 1. The molecule has 0 aromatic heterocycles. The fraction of sp³-hybridized carbons (Fsp3) is 0.611. The van der Waals surface area contributed by atoms with Gasteiger partial charge in [-0.05, 0) is 30.0 Å². The molecule has 1 aromatic carbocycles. The van der Waals surface area contributed by atoms with Gasteiger partial charge in [-0.1, -0.05) is 26.0 Å². The molecule has 3 aliphatic heterocycles. The maximum Gasteiger partial charge on any atom is 0.279 e. The van der Waals surface area contributed by atoms with E-state index in [2.05, 4.69) is 36.2 Å². The summed E-state index contributed by atoms with van der Waals surface area (Å²) in [6.45, 7) is 11.9. The van der Waals surface area contributed by atoms with Crippen LogP contribution in [0, 0.1) is 0 Å². The number of nitrogens with one attached hydrogen (secondary N) is 1. The lowest BCUT2D eigenvalue weighted by Crippen LogP contribution is -2.68. The molecule has 0 saturated carbocycles. The molecule has 120 valence electrons. The fourth-order valence-electron chi connectivity index (χ4n) is 3.60. The molecule has 3 fully saturated rings. The van der Waals surface area contributed by atoms with Crippen LogP contribution in [0.5, 0.6) is 0 Å². The summed E-state index contributed by atoms with van der Waals surface area (Å²) in [7, 11) is 0. The van der Waals surface area contributed by atoms with Crippen molar-refractivity contribution in [2.45, 2.75) is 26.2 Å². The normalized spacial score (nSPS) is 28.4. The highest BCUT2D eigenvalue weighted by molar-refractivity contribution is 5.91. The second kappa shape index (κ2) is 6.39. The van der Waals surface area contributed by atoms with E-state index in [1.807, 2.05) is 12.1 Å². The molecule has 3 heterocycles. The van der Waals surface area contributed by atoms with Crippen LogP contribution in [-0.2, 0) is 4.79 Å². The van der Waals surface area contributed by atoms with Gasteiger partial charge in [0.15, 0.2) is 6.54 Å². The number of amides is 1. The van der Waals surface area contributed by atoms with Gasteiger partial charge in [-0.3, -0.25) is 9.69 Å². The van der Waals surface area contributed by atoms with Crippen LogP contribution >= 0.6 is 0 Å². The zero-order chi connectivity index (χ0) is 15.6. The van der Waals surface area contributed by atoms with Crippen molar-refractivity contribution in [3.63, 3.8) is 0 Å². The van der Waals surface area contributed by atoms with Gasteiger partial charge in [-0.25, -0.2) is 0 Å². The average molecular weight is 302 g/mol. The third-order valence-corrected chi connectivity index (χ3v) is 5.53. The predicted molar refractivity (Wildman–Crippen MR) is 89.9 cm³/mol. The number of benzene rings is 1. The molecule has 1 aromatic rings. The van der Waals surface area contributed by atoms with Crippen LogP contribution in [0.2, 0.25) is 0 Å². The molecular weight excluding hydrogens is 274 g/mol. The lowest BCUT2D eigenvalue weighted by molar-refractivity contribution is -0.933. The van der Waals surface area contributed by atoms with Crippen LogP contribution in [0.4, 0.5) is 5.69 Å². The Morgan fingerprint density at radius 3 is 2.32 bits per heavy atom. The molecule has 4 nitrogen and oxygen atoms in total. The highest BCUT2D eigenvalue weighted by Gasteiger charge is 2.39. The Bertz CT molecular complexity index is 504. The van der Waals surface area contributed by atoms with E-state index < -0.39 is 0 Å². The van der Waals surface area contributed by atoms with Gasteiger partial charge in [0.25, 0.3) is 5.91 Å². The first-order valence-electron chi connectivity index (χ1n) is 8.57. The predicted octanol–water partition coefficient (Wildman–Crippen LogP) is 2.28. The third-order valence-electron chi connectivity index (χ3n) is 5.53. The summed E-state index contributed by atoms with van der Waals surface area (Å²) in [5.41, 5.74) is 2.26. The van der Waals surface area contributed by atoms with Gasteiger partial charge in [0, 0.05) is 25.3 Å². The molecule has 0 unspecified atom stereocenters. The lowest BCUT2D eigenvalue weighted by atomic mass is 9.99. The van der Waals surface area contributed by atoms with Gasteiger partial charge in [0.2, 0.25) is 0 Å². The van der Waals surface area contributed by atoms with E-state index in [1.54, 1.807) is 0 Å². The van der Waals surface area contributed by atoms with E-state index in [-0.39, 0.29) is 5.91 Å². The van der Waals surface area contributed by atoms with Crippen molar-refractivity contribution in [2.24, 2.45) is 0 Å². The Labute approximate surface area is 133 Å². The molecule has 1 atom stereocenters. The number of hydrogen-bond acceptors (Lipinski definition) is 2. The maximum absolute atomic E-state index is 12.4. The summed E-state index contributed by atoms with van der Waals surface area (Å²) in [5.74, 6) is 0.736. The van der Waals surface area contributed by atoms with Gasteiger partial charge >= 0.3 is 0 Å². The Morgan fingerprint density at radius 2 is 1.77 bits per heavy atom. The first kappa shape index (κ1) is 15.5. The molecule has 0 aliphatic carbocycles. The number of quaternary nitrogens is 1. The van der Waals surface area contributed by atoms with Crippen molar-refractivity contribution in [2.75, 3.05) is 51.1 Å². The van der Waals surface area contributed by atoms with Gasteiger partial charge in [0.1, 0.15) is 0 Å². The van der Waals surface area contributed by atoms with Crippen molar-refractivity contribution in [3.05, 3.63) is 29.8 Å². The van der Waals surface area contributed by atoms with Crippen molar-refractivity contribution in [1.82, 2.24) is 4.90 Å². The number of fused-ring (bicyclic) bond motifs is 3. The minimum Gasteiger partial charge on any atom is -0.321 e. The van der Waals surface area contributed by atoms with Crippen LogP contribution in [0.1, 0.15) is 31.7 Å². The second-order valence-electron chi connectivity index (χ2n) is 6.99. The van der Waals surface area contributed by atoms with E-state index in [4.69, 9.17) is 0 Å². The van der Waals surface area contributed by atoms with E-state index in [9.17, 15) is 4.79 Å². The zero-order valence-electron chi connectivity index (χ0n) is 13.8. The number of anilines is 1. The monoisotopic (exact) mass is 302 g/mol. The highest BCUT2D eigenvalue weighted by Crippen LogP contribution is 2.22. The first-order chi connectivity index (χ1) is 10.6. The standard InChI is InChI=1S/C18H27N3O/c1-3-15(2)16-4-6-17(7-5-16)19-18(22)14-21-11-8-20(9-12-21)10-13-21/h4-7,15H,3,8-14H2,1-2H3/p+1/t15-/m0/s1. The quantitative estimate of drug-likeness (QED) is 0.846. The number of rotatable bonds is 5. The molecule has 1 amide bonds. The van der Waals surface area contributed by atoms with Crippen molar-refractivity contribution < 1.29 is 9.28 Å². The number of hydrogen-bond donors (Lipinski definition) is 1. The minimum atomic E-state index is 0.159. The average Bonchev–Trinajstić information content (AvgIpc) is 2.56. The minimum absolute atomic E-state index is 0.159. The van der Waals surface area contributed by atoms with Crippen molar-refractivity contribution in [3.8, 4) is 0 Å². The molecule has 3 saturated heterocycles. The van der Waals surface area contributed by atoms with Crippen molar-refractivity contribution in [1.29, 1.82) is 0 Å². The van der Waals surface area contributed by atoms with Crippen LogP contribution in [0.25, 0.3) is 0 Å². The SMILES string of the molecule is CC[C@H](C)c1ccc(NC(=O)C[N+]23CCN(CC2)CC3)cc1. The van der Waals surface area contributed by atoms with Gasteiger partial charge in [-0.15, -0.1) is 0 Å². The molecular formula is C18H28N3O+. The summed E-state index contributed by atoms with van der Waals surface area (Å²) in [6, 6.07) is 8.34. The molecule has 4 rings (SSSR count). The summed E-state index contributed by atoms with van der Waals surface area (Å²) < 4.78 is 0.979. The number of piperazine rings is 3. The molecule has 2 bridgehead atoms. The van der Waals surface area contributed by atoms with E-state index in [0.29, 0.717) is 12.5 Å². The van der Waals surface area contributed by atoms with Crippen LogP contribution < -0.4 is 5.32 Å². The van der Waals surface area contributed by atoms with Crippen LogP contribution in [0.3, 0.4) is 0 Å². The Kier molecular flexibility index (Phi) is 4.50. The largest absolute Gasteiger partial charge is 0.321 e. The van der Waals surface area contributed by atoms with Gasteiger partial charge < -0.3 is 9.80 Å². The number of nitrogens with zero attached hydrogens (tertiary/aromatic N) is 2. The molecule has 0 spiro atoms. The van der Waals surface area contributed by atoms with E-state index in [1.165, 1.54) is 5.56 Å². The van der Waals surface area contributed by atoms with Crippen LogP contribution in [0.15, 0.2) is 24.3 Å². The summed E-state index contributed by atoms with van der Waals surface area (Å²) in [5, 5.41) is 3.08. The lowest BCUT2D eigenvalue weighted by Gasteiger charge is -2.50. The topological polar surface area (TPSA) is 32.3 Å². The smallest absolute Gasteiger partial charge is 0.279 e. The molecule has 3 aliphatic rings. The summed E-state index contributed by atoms with van der Waals surface area (Å²) in [6.07, 6.45) is 1.14. The fourth-order valence-corrected chi connectivity index (χ4v) is 3.60. The van der Waals surface area contributed by atoms with E-state index in [0.717, 1.165) is 55.9 Å². The van der Waals surface area contributed by atoms with Gasteiger partial charge in [0.05, 0.1) is 19.6 Å². The Morgan fingerprint density at radius 1 is 1.18 bits per heavy atom. The molecule has 1 N–H and O–H groups in total. The van der Waals surface area contributed by atoms with Crippen LogP contribution in [-0.4, -0.2) is 61.1 Å². The number of carbonyl (C=O) groups is 1. The van der Waals surface area contributed by atoms with Crippen molar-refractivity contribution >= 4 is 11.6 Å². The molecule has 0 radical (unpaired) electrons. The highest BCUT2D eigenvalue weighted by atomic mass is 16.2. The summed E-state index contributed by atoms with van der Waals surface area (Å²) in [4.78, 5) is 14.9. The molecule has 22 heavy (non-hydrogen) atoms. The summed E-state index contributed by atoms with van der Waals surface area (Å²) >= 11 is 0. The molecule has 4 heteroatoms. The Hall–Kier alpha value is -1.39. The first-order valence-corrected chi connectivity index (χ1v) is 8.57. The van der Waals surface area contributed by atoms with E-state index >= 15 is 0 Å². The Balaban J connectivity index is 1.57.